The Hall–Kier alpha value is -0.930. The van der Waals surface area contributed by atoms with Crippen LogP contribution in [0, 0.1) is 12.8 Å². The molecule has 0 aliphatic carbocycles. The van der Waals surface area contributed by atoms with Crippen LogP contribution in [0.25, 0.3) is 0 Å². The van der Waals surface area contributed by atoms with E-state index in [0.29, 0.717) is 6.04 Å². The maximum absolute atomic E-state index is 5.94. The molecule has 2 N–H and O–H groups in total. The van der Waals surface area contributed by atoms with E-state index in [1.165, 1.54) is 36.9 Å². The molecule has 1 aliphatic heterocycles. The molecule has 2 heterocycles. The summed E-state index contributed by atoms with van der Waals surface area (Å²) in [6.45, 7) is 7.33. The zero-order valence-corrected chi connectivity index (χ0v) is 11.6. The predicted octanol–water partition coefficient (Wildman–Crippen LogP) is 2.34. The third kappa shape index (κ3) is 3.30. The summed E-state index contributed by atoms with van der Waals surface area (Å²) in [4.78, 5) is 6.80. The molecule has 3 nitrogen and oxygen atoms in total. The summed E-state index contributed by atoms with van der Waals surface area (Å²) < 4.78 is 0. The Kier molecular flexibility index (Phi) is 4.72. The van der Waals surface area contributed by atoms with Gasteiger partial charge in [-0.2, -0.15) is 0 Å². The van der Waals surface area contributed by atoms with Crippen LogP contribution < -0.4 is 5.73 Å². The smallest absolute Gasteiger partial charge is 0.0313 e. The quantitative estimate of drug-likeness (QED) is 0.888. The Morgan fingerprint density at radius 2 is 2.28 bits per heavy atom. The number of nitrogens with two attached hydrogens (primary N) is 1. The molecule has 1 fully saturated rings. The second-order valence-electron chi connectivity index (χ2n) is 5.53. The minimum Gasteiger partial charge on any atom is -0.329 e. The van der Waals surface area contributed by atoms with Crippen LogP contribution in [0.1, 0.15) is 37.3 Å². The molecule has 1 aliphatic rings. The van der Waals surface area contributed by atoms with Crippen molar-refractivity contribution >= 4 is 0 Å². The van der Waals surface area contributed by atoms with Crippen molar-refractivity contribution in [2.24, 2.45) is 11.7 Å². The zero-order valence-electron chi connectivity index (χ0n) is 11.6. The molecule has 0 spiro atoms. The van der Waals surface area contributed by atoms with Crippen LogP contribution in [0.2, 0.25) is 0 Å². The molecular weight excluding hydrogens is 222 g/mol. The second-order valence-corrected chi connectivity index (χ2v) is 5.53. The van der Waals surface area contributed by atoms with Crippen molar-refractivity contribution < 1.29 is 0 Å². The van der Waals surface area contributed by atoms with Gasteiger partial charge in [-0.3, -0.25) is 9.88 Å². The lowest BCUT2D eigenvalue weighted by atomic mass is 9.88. The first-order chi connectivity index (χ1) is 8.72. The summed E-state index contributed by atoms with van der Waals surface area (Å²) in [7, 11) is 0. The average molecular weight is 247 g/mol. The van der Waals surface area contributed by atoms with Crippen LogP contribution in [0.4, 0.5) is 0 Å². The maximum Gasteiger partial charge on any atom is 0.0313 e. The lowest BCUT2D eigenvalue weighted by molar-refractivity contribution is 0.107. The fourth-order valence-electron chi connectivity index (χ4n) is 2.95. The van der Waals surface area contributed by atoms with E-state index in [9.17, 15) is 0 Å². The number of hydrogen-bond donors (Lipinski definition) is 1. The summed E-state index contributed by atoms with van der Waals surface area (Å²) in [5.74, 6) is 0.866. The van der Waals surface area contributed by atoms with Crippen molar-refractivity contribution in [3.63, 3.8) is 0 Å². The van der Waals surface area contributed by atoms with Crippen molar-refractivity contribution in [2.75, 3.05) is 13.1 Å². The van der Waals surface area contributed by atoms with E-state index >= 15 is 0 Å². The minimum absolute atomic E-state index is 0.546. The molecule has 2 unspecified atom stereocenters. The molecule has 0 saturated carbocycles. The van der Waals surface area contributed by atoms with Gasteiger partial charge >= 0.3 is 0 Å². The van der Waals surface area contributed by atoms with Crippen LogP contribution in [0.5, 0.6) is 0 Å². The lowest BCUT2D eigenvalue weighted by Gasteiger charge is -2.38. The van der Waals surface area contributed by atoms with Crippen LogP contribution >= 0.6 is 0 Å². The second kappa shape index (κ2) is 6.30. The third-order valence-electron chi connectivity index (χ3n) is 4.11. The molecule has 2 atom stereocenters. The van der Waals surface area contributed by atoms with E-state index in [2.05, 4.69) is 29.8 Å². The van der Waals surface area contributed by atoms with E-state index in [1.54, 1.807) is 0 Å². The molecule has 1 aromatic rings. The van der Waals surface area contributed by atoms with Crippen LogP contribution in [0.15, 0.2) is 18.5 Å². The molecule has 2 rings (SSSR count). The number of aromatic nitrogens is 1. The summed E-state index contributed by atoms with van der Waals surface area (Å²) >= 11 is 0. The number of aryl methyl sites for hydroxylation is 1. The third-order valence-corrected chi connectivity index (χ3v) is 4.11. The number of rotatable bonds is 4. The zero-order chi connectivity index (χ0) is 13.0. The Bertz CT molecular complexity index is 378. The number of hydrogen-bond acceptors (Lipinski definition) is 3. The van der Waals surface area contributed by atoms with Gasteiger partial charge in [0.05, 0.1) is 0 Å². The van der Waals surface area contributed by atoms with Gasteiger partial charge < -0.3 is 5.73 Å². The maximum atomic E-state index is 5.94. The molecular formula is C15H25N3. The molecule has 3 heteroatoms. The summed E-state index contributed by atoms with van der Waals surface area (Å²) in [6.07, 6.45) is 7.74. The summed E-state index contributed by atoms with van der Waals surface area (Å²) in [5, 5.41) is 0. The highest BCUT2D eigenvalue weighted by Crippen LogP contribution is 2.26. The fourth-order valence-corrected chi connectivity index (χ4v) is 2.95. The number of nitrogens with zero attached hydrogens (tertiary/aromatic N) is 2. The van der Waals surface area contributed by atoms with Crippen molar-refractivity contribution in [3.05, 3.63) is 29.6 Å². The van der Waals surface area contributed by atoms with E-state index in [0.717, 1.165) is 19.0 Å². The van der Waals surface area contributed by atoms with Gasteiger partial charge in [0.2, 0.25) is 0 Å². The molecule has 18 heavy (non-hydrogen) atoms. The fraction of sp³-hybridized carbons (Fsp3) is 0.667. The predicted molar refractivity (Wildman–Crippen MR) is 75.2 cm³/mol. The molecule has 0 radical (unpaired) electrons. The van der Waals surface area contributed by atoms with Crippen molar-refractivity contribution in [2.45, 2.75) is 45.7 Å². The molecule has 100 valence electrons. The van der Waals surface area contributed by atoms with Crippen LogP contribution in [-0.4, -0.2) is 29.0 Å². The molecule has 0 amide bonds. The number of pyridine rings is 1. The topological polar surface area (TPSA) is 42.2 Å². The summed E-state index contributed by atoms with van der Waals surface area (Å²) in [5.41, 5.74) is 8.48. The average Bonchev–Trinajstić information content (AvgIpc) is 2.39. The molecule has 1 aromatic heterocycles. The lowest BCUT2D eigenvalue weighted by Crippen LogP contribution is -2.46. The molecule has 0 aromatic carbocycles. The monoisotopic (exact) mass is 247 g/mol. The summed E-state index contributed by atoms with van der Waals surface area (Å²) in [6, 6.07) is 2.77. The van der Waals surface area contributed by atoms with Crippen molar-refractivity contribution in [1.29, 1.82) is 0 Å². The molecule has 0 bridgehead atoms. The SMILES string of the molecule is CCC1CCN(Cc2cncc(C)c2)C(CN)C1. The number of likely N-dealkylation sites (tertiary alicyclic amines) is 1. The van der Waals surface area contributed by atoms with Gasteiger partial charge in [-0.15, -0.1) is 0 Å². The highest BCUT2D eigenvalue weighted by Gasteiger charge is 2.26. The minimum atomic E-state index is 0.546. The van der Waals surface area contributed by atoms with Gasteiger partial charge in [0.15, 0.2) is 0 Å². The standard InChI is InChI=1S/C15H25N3/c1-3-13-4-5-18(15(7-13)8-16)11-14-6-12(2)9-17-10-14/h6,9-10,13,15H,3-5,7-8,11,16H2,1-2H3. The Labute approximate surface area is 110 Å². The first-order valence-electron chi connectivity index (χ1n) is 7.07. The van der Waals surface area contributed by atoms with Crippen molar-refractivity contribution in [1.82, 2.24) is 9.88 Å². The van der Waals surface area contributed by atoms with Gasteiger partial charge in [-0.05, 0) is 43.4 Å². The van der Waals surface area contributed by atoms with Gasteiger partial charge in [0.25, 0.3) is 0 Å². The van der Waals surface area contributed by atoms with E-state index in [4.69, 9.17) is 5.73 Å². The van der Waals surface area contributed by atoms with E-state index in [-0.39, 0.29) is 0 Å². The van der Waals surface area contributed by atoms with Gasteiger partial charge in [-0.25, -0.2) is 0 Å². The van der Waals surface area contributed by atoms with Gasteiger partial charge in [0.1, 0.15) is 0 Å². The first-order valence-corrected chi connectivity index (χ1v) is 7.07. The van der Waals surface area contributed by atoms with Gasteiger partial charge in [-0.1, -0.05) is 19.4 Å². The van der Waals surface area contributed by atoms with Crippen LogP contribution in [0.3, 0.4) is 0 Å². The Morgan fingerprint density at radius 1 is 1.44 bits per heavy atom. The highest BCUT2D eigenvalue weighted by atomic mass is 15.2. The normalized spacial score (nSPS) is 25.3. The van der Waals surface area contributed by atoms with E-state index in [1.807, 2.05) is 12.4 Å². The van der Waals surface area contributed by atoms with E-state index < -0.39 is 0 Å². The Morgan fingerprint density at radius 3 is 2.94 bits per heavy atom. The van der Waals surface area contributed by atoms with Crippen molar-refractivity contribution in [3.8, 4) is 0 Å². The highest BCUT2D eigenvalue weighted by molar-refractivity contribution is 5.16. The number of piperidine rings is 1. The van der Waals surface area contributed by atoms with Gasteiger partial charge in [0, 0.05) is 31.5 Å². The largest absolute Gasteiger partial charge is 0.329 e. The Balaban J connectivity index is 2.00. The molecule has 1 saturated heterocycles. The van der Waals surface area contributed by atoms with Crippen LogP contribution in [-0.2, 0) is 6.54 Å². The first kappa shape index (κ1) is 13.5.